The van der Waals surface area contributed by atoms with Crippen molar-refractivity contribution in [2.45, 2.75) is 16.9 Å². The highest BCUT2D eigenvalue weighted by molar-refractivity contribution is 6.58. The Bertz CT molecular complexity index is 294. The molecule has 1 heterocycles. The van der Waals surface area contributed by atoms with Crippen molar-refractivity contribution >= 4 is 29.2 Å². The Balaban J connectivity index is 2.32. The van der Waals surface area contributed by atoms with Gasteiger partial charge in [-0.3, -0.25) is 0 Å². The standard InChI is InChI=1S/C9H8Cl2O2/c10-9(11)6-4-2-1-3-5-7(6)13-8(9)12/h1-4,6-7H,5H2/t6-,7+/m1/s1. The largest absolute Gasteiger partial charge is 0.459 e. The first kappa shape index (κ1) is 9.10. The van der Waals surface area contributed by atoms with Crippen LogP contribution in [0.4, 0.5) is 0 Å². The number of halogens is 2. The fraction of sp³-hybridized carbons (Fsp3) is 0.444. The van der Waals surface area contributed by atoms with Crippen LogP contribution in [0.25, 0.3) is 0 Å². The molecule has 0 unspecified atom stereocenters. The van der Waals surface area contributed by atoms with Crippen molar-refractivity contribution in [1.82, 2.24) is 0 Å². The van der Waals surface area contributed by atoms with Gasteiger partial charge in [-0.15, -0.1) is 0 Å². The molecule has 1 fully saturated rings. The lowest BCUT2D eigenvalue weighted by Gasteiger charge is -2.16. The van der Waals surface area contributed by atoms with Crippen LogP contribution in [0.5, 0.6) is 0 Å². The maximum atomic E-state index is 11.2. The summed E-state index contributed by atoms with van der Waals surface area (Å²) in [4.78, 5) is 11.2. The number of allylic oxidation sites excluding steroid dienone is 2. The fourth-order valence-electron chi connectivity index (χ4n) is 1.57. The van der Waals surface area contributed by atoms with Crippen LogP contribution in [0.3, 0.4) is 0 Å². The Morgan fingerprint density at radius 3 is 3.00 bits per heavy atom. The summed E-state index contributed by atoms with van der Waals surface area (Å²) in [6, 6.07) is 0. The van der Waals surface area contributed by atoms with E-state index in [1.807, 2.05) is 24.3 Å². The zero-order chi connectivity index (χ0) is 9.47. The molecular formula is C9H8Cl2O2. The van der Waals surface area contributed by atoms with E-state index in [-0.39, 0.29) is 12.0 Å². The summed E-state index contributed by atoms with van der Waals surface area (Å²) in [5, 5.41) is 0. The highest BCUT2D eigenvalue weighted by Crippen LogP contribution is 2.43. The van der Waals surface area contributed by atoms with Crippen LogP contribution < -0.4 is 0 Å². The van der Waals surface area contributed by atoms with E-state index in [0.717, 1.165) is 0 Å². The van der Waals surface area contributed by atoms with Gasteiger partial charge in [-0.05, 0) is 0 Å². The molecule has 0 saturated carbocycles. The molecule has 2 aliphatic rings. The van der Waals surface area contributed by atoms with Gasteiger partial charge in [0.05, 0.1) is 5.92 Å². The average molecular weight is 219 g/mol. The predicted molar refractivity (Wildman–Crippen MR) is 50.7 cm³/mol. The Morgan fingerprint density at radius 2 is 2.23 bits per heavy atom. The Morgan fingerprint density at radius 1 is 1.46 bits per heavy atom. The molecule has 0 N–H and O–H groups in total. The van der Waals surface area contributed by atoms with Gasteiger partial charge in [0.15, 0.2) is 0 Å². The second-order valence-electron chi connectivity index (χ2n) is 3.14. The zero-order valence-electron chi connectivity index (χ0n) is 6.74. The maximum absolute atomic E-state index is 11.2. The summed E-state index contributed by atoms with van der Waals surface area (Å²) >= 11 is 11.8. The van der Waals surface area contributed by atoms with Crippen molar-refractivity contribution in [3.8, 4) is 0 Å². The molecular weight excluding hydrogens is 211 g/mol. The van der Waals surface area contributed by atoms with E-state index < -0.39 is 10.3 Å². The molecule has 70 valence electrons. The summed E-state index contributed by atoms with van der Waals surface area (Å²) in [6.45, 7) is 0. The van der Waals surface area contributed by atoms with E-state index >= 15 is 0 Å². The zero-order valence-corrected chi connectivity index (χ0v) is 8.26. The lowest BCUT2D eigenvalue weighted by atomic mass is 9.99. The van der Waals surface area contributed by atoms with Crippen LogP contribution in [0.15, 0.2) is 24.3 Å². The first-order chi connectivity index (χ1) is 6.12. The van der Waals surface area contributed by atoms with Crippen LogP contribution in [-0.4, -0.2) is 16.4 Å². The predicted octanol–water partition coefficient (Wildman–Crippen LogP) is 2.22. The molecule has 0 radical (unpaired) electrons. The monoisotopic (exact) mass is 218 g/mol. The molecule has 0 bridgehead atoms. The van der Waals surface area contributed by atoms with Gasteiger partial charge in [-0.1, -0.05) is 47.5 Å². The first-order valence-electron chi connectivity index (χ1n) is 4.04. The van der Waals surface area contributed by atoms with E-state index in [0.29, 0.717) is 6.42 Å². The maximum Gasteiger partial charge on any atom is 0.343 e. The number of hydrogen-bond acceptors (Lipinski definition) is 2. The number of alkyl halides is 2. The number of hydrogen-bond donors (Lipinski definition) is 0. The molecule has 2 atom stereocenters. The molecule has 1 saturated heterocycles. The normalized spacial score (nSPS) is 35.4. The summed E-state index contributed by atoms with van der Waals surface area (Å²) in [6.07, 6.45) is 7.95. The van der Waals surface area contributed by atoms with Crippen LogP contribution in [0, 0.1) is 5.92 Å². The minimum absolute atomic E-state index is 0.211. The average Bonchev–Trinajstić information content (AvgIpc) is 2.31. The highest BCUT2D eigenvalue weighted by Gasteiger charge is 2.54. The summed E-state index contributed by atoms with van der Waals surface area (Å²) in [5.41, 5.74) is 0. The second-order valence-corrected chi connectivity index (χ2v) is 4.53. The summed E-state index contributed by atoms with van der Waals surface area (Å²) in [5.74, 6) is -0.774. The molecule has 2 nitrogen and oxygen atoms in total. The summed E-state index contributed by atoms with van der Waals surface area (Å²) in [7, 11) is 0. The van der Waals surface area contributed by atoms with Crippen molar-refractivity contribution < 1.29 is 9.53 Å². The van der Waals surface area contributed by atoms with Gasteiger partial charge in [0, 0.05) is 6.42 Å². The van der Waals surface area contributed by atoms with E-state index in [2.05, 4.69) is 0 Å². The van der Waals surface area contributed by atoms with Gasteiger partial charge in [-0.25, -0.2) is 4.79 Å². The summed E-state index contributed by atoms with van der Waals surface area (Å²) < 4.78 is 3.65. The third kappa shape index (κ3) is 1.38. The van der Waals surface area contributed by atoms with Crippen LogP contribution in [0.2, 0.25) is 0 Å². The number of fused-ring (bicyclic) bond motifs is 1. The Kier molecular flexibility index (Phi) is 2.12. The number of rotatable bonds is 0. The Labute approximate surface area is 86.1 Å². The fourth-order valence-corrected chi connectivity index (χ4v) is 2.09. The number of carbonyl (C=O) groups excluding carboxylic acids is 1. The molecule has 0 aromatic carbocycles. The van der Waals surface area contributed by atoms with Gasteiger partial charge in [-0.2, -0.15) is 0 Å². The van der Waals surface area contributed by atoms with Crippen LogP contribution in [0.1, 0.15) is 6.42 Å². The smallest absolute Gasteiger partial charge is 0.343 e. The van der Waals surface area contributed by atoms with Crippen molar-refractivity contribution in [1.29, 1.82) is 0 Å². The van der Waals surface area contributed by atoms with Crippen molar-refractivity contribution in [2.75, 3.05) is 0 Å². The SMILES string of the molecule is O=C1O[C@H]2CC=CC=C[C@H]2C1(Cl)Cl. The van der Waals surface area contributed by atoms with Gasteiger partial charge < -0.3 is 4.74 Å². The van der Waals surface area contributed by atoms with E-state index in [4.69, 9.17) is 27.9 Å². The third-order valence-corrected chi connectivity index (χ3v) is 3.10. The molecule has 2 rings (SSSR count). The quantitative estimate of drug-likeness (QED) is 0.461. The van der Waals surface area contributed by atoms with E-state index in [9.17, 15) is 4.79 Å². The van der Waals surface area contributed by atoms with Gasteiger partial charge in [0.25, 0.3) is 0 Å². The van der Waals surface area contributed by atoms with Crippen molar-refractivity contribution in [3.05, 3.63) is 24.3 Å². The van der Waals surface area contributed by atoms with Crippen molar-refractivity contribution in [3.63, 3.8) is 0 Å². The van der Waals surface area contributed by atoms with E-state index in [1.165, 1.54) is 0 Å². The number of ether oxygens (including phenoxy) is 1. The minimum atomic E-state index is -1.41. The van der Waals surface area contributed by atoms with Gasteiger partial charge >= 0.3 is 5.97 Å². The van der Waals surface area contributed by atoms with E-state index in [1.54, 1.807) is 0 Å². The second kappa shape index (κ2) is 3.03. The van der Waals surface area contributed by atoms with Crippen LogP contribution >= 0.6 is 23.2 Å². The highest BCUT2D eigenvalue weighted by atomic mass is 35.5. The molecule has 1 aliphatic carbocycles. The van der Waals surface area contributed by atoms with Gasteiger partial charge in [0.1, 0.15) is 6.10 Å². The third-order valence-electron chi connectivity index (χ3n) is 2.28. The number of carbonyl (C=O) groups is 1. The lowest BCUT2D eigenvalue weighted by molar-refractivity contribution is -0.141. The molecule has 13 heavy (non-hydrogen) atoms. The lowest BCUT2D eigenvalue weighted by Crippen LogP contribution is -2.28. The molecule has 0 amide bonds. The van der Waals surface area contributed by atoms with Crippen LogP contribution in [-0.2, 0) is 9.53 Å². The minimum Gasteiger partial charge on any atom is -0.459 e. The Hall–Kier alpha value is -0.470. The first-order valence-corrected chi connectivity index (χ1v) is 4.80. The molecule has 4 heteroatoms. The molecule has 0 spiro atoms. The molecule has 1 aliphatic heterocycles. The molecule has 0 aromatic heterocycles. The number of esters is 1. The van der Waals surface area contributed by atoms with Crippen molar-refractivity contribution in [2.24, 2.45) is 5.92 Å². The topological polar surface area (TPSA) is 26.3 Å². The molecule has 0 aromatic rings. The van der Waals surface area contributed by atoms with Gasteiger partial charge in [0.2, 0.25) is 4.33 Å².